The van der Waals surface area contributed by atoms with Gasteiger partial charge >= 0.3 is 17.9 Å². The van der Waals surface area contributed by atoms with Gasteiger partial charge in [-0.05, 0) is 47.1 Å². The fraction of sp³-hybridized carbons (Fsp3) is 0.357. The van der Waals surface area contributed by atoms with Crippen LogP contribution in [0.1, 0.15) is 35.7 Å². The van der Waals surface area contributed by atoms with Gasteiger partial charge in [-0.2, -0.15) is 0 Å². The quantitative estimate of drug-likeness (QED) is 0.119. The van der Waals surface area contributed by atoms with Gasteiger partial charge in [-0.15, -0.1) is 4.91 Å². The second kappa shape index (κ2) is 17.2. The predicted octanol–water partition coefficient (Wildman–Crippen LogP) is 3.78. The molecule has 0 radical (unpaired) electrons. The van der Waals surface area contributed by atoms with Crippen LogP contribution in [0.2, 0.25) is 0 Å². The zero-order valence-corrected chi connectivity index (χ0v) is 22.8. The molecular formula is C28H31NO12. The highest BCUT2D eigenvalue weighted by atomic mass is 16.7. The Morgan fingerprint density at radius 2 is 1.83 bits per heavy atom. The van der Waals surface area contributed by atoms with Crippen molar-refractivity contribution in [1.29, 1.82) is 0 Å². The lowest BCUT2D eigenvalue weighted by Crippen LogP contribution is -2.44. The highest BCUT2D eigenvalue weighted by molar-refractivity contribution is 5.92. The molecule has 220 valence electrons. The average Bonchev–Trinajstić information content (AvgIpc) is 2.96. The Balaban J connectivity index is 0.000000446. The van der Waals surface area contributed by atoms with Crippen LogP contribution in [0.4, 0.5) is 5.69 Å². The maximum absolute atomic E-state index is 12.5. The van der Waals surface area contributed by atoms with Crippen LogP contribution in [0.25, 0.3) is 0 Å². The van der Waals surface area contributed by atoms with Crippen LogP contribution < -0.4 is 9.47 Å². The van der Waals surface area contributed by atoms with E-state index >= 15 is 0 Å². The minimum absolute atomic E-state index is 0.0334. The molecule has 3 rings (SSSR count). The summed E-state index contributed by atoms with van der Waals surface area (Å²) in [4.78, 5) is 55.5. The first-order valence-electron chi connectivity index (χ1n) is 12.2. The highest BCUT2D eigenvalue weighted by Crippen LogP contribution is 2.29. The first-order chi connectivity index (χ1) is 19.7. The molecule has 0 aliphatic carbocycles. The van der Waals surface area contributed by atoms with Crippen LogP contribution in [0.5, 0.6) is 11.5 Å². The number of nitrogens with zero attached hydrogens (tertiary/aromatic N) is 1. The van der Waals surface area contributed by atoms with Crippen LogP contribution in [0.15, 0.2) is 60.3 Å². The van der Waals surface area contributed by atoms with Gasteiger partial charge < -0.3 is 33.2 Å². The number of carbonyl (C=O) groups excluding carboxylic acids is 4. The molecule has 0 aromatic heterocycles. The number of hydrogen-bond acceptors (Lipinski definition) is 13. The molecule has 1 aliphatic rings. The normalized spacial score (nSPS) is 17.5. The van der Waals surface area contributed by atoms with E-state index in [4.69, 9.17) is 28.4 Å². The van der Waals surface area contributed by atoms with Crippen molar-refractivity contribution in [2.75, 3.05) is 20.8 Å². The molecule has 0 N–H and O–H groups in total. The molecule has 2 aromatic carbocycles. The Kier molecular flexibility index (Phi) is 13.6. The molecule has 13 nitrogen and oxygen atoms in total. The fourth-order valence-electron chi connectivity index (χ4n) is 3.62. The van der Waals surface area contributed by atoms with E-state index in [2.05, 4.69) is 16.5 Å². The number of esters is 3. The van der Waals surface area contributed by atoms with Crippen molar-refractivity contribution in [3.8, 4) is 11.5 Å². The molecule has 3 unspecified atom stereocenters. The smallest absolute Gasteiger partial charge is 0.342 e. The Morgan fingerprint density at radius 3 is 2.41 bits per heavy atom. The summed E-state index contributed by atoms with van der Waals surface area (Å²) in [5.41, 5.74) is 1.22. The Hall–Kier alpha value is -4.62. The fourth-order valence-corrected chi connectivity index (χ4v) is 3.62. The van der Waals surface area contributed by atoms with E-state index in [0.29, 0.717) is 24.5 Å². The molecule has 1 aliphatic heterocycles. The van der Waals surface area contributed by atoms with Gasteiger partial charge in [0, 0.05) is 26.9 Å². The van der Waals surface area contributed by atoms with E-state index in [0.717, 1.165) is 5.56 Å². The Morgan fingerprint density at radius 1 is 1.10 bits per heavy atom. The number of benzene rings is 2. The highest BCUT2D eigenvalue weighted by Gasteiger charge is 2.37. The number of carbonyl (C=O) groups is 4. The van der Waals surface area contributed by atoms with Crippen LogP contribution in [0.3, 0.4) is 0 Å². The summed E-state index contributed by atoms with van der Waals surface area (Å²) in [5, 5.41) is 2.68. The Bertz CT molecular complexity index is 1200. The minimum Gasteiger partial charge on any atom is -0.467 e. The maximum Gasteiger partial charge on any atom is 0.342 e. The van der Waals surface area contributed by atoms with Crippen molar-refractivity contribution in [3.63, 3.8) is 0 Å². The molecule has 1 fully saturated rings. The second-order valence-electron chi connectivity index (χ2n) is 8.35. The molecular weight excluding hydrogens is 542 g/mol. The van der Waals surface area contributed by atoms with E-state index in [-0.39, 0.29) is 30.8 Å². The Labute approximate surface area is 236 Å². The van der Waals surface area contributed by atoms with Crippen molar-refractivity contribution >= 4 is 30.1 Å². The zero-order chi connectivity index (χ0) is 30.2. The van der Waals surface area contributed by atoms with E-state index in [9.17, 15) is 24.1 Å². The van der Waals surface area contributed by atoms with Gasteiger partial charge in [-0.25, -0.2) is 9.59 Å². The predicted molar refractivity (Wildman–Crippen MR) is 142 cm³/mol. The summed E-state index contributed by atoms with van der Waals surface area (Å²) in [7, 11) is 2.78. The van der Waals surface area contributed by atoms with Gasteiger partial charge in [0.05, 0.1) is 13.7 Å². The van der Waals surface area contributed by atoms with Crippen molar-refractivity contribution in [1.82, 2.24) is 0 Å². The molecule has 2 aromatic rings. The van der Waals surface area contributed by atoms with E-state index in [1.807, 2.05) is 0 Å². The summed E-state index contributed by atoms with van der Waals surface area (Å²) >= 11 is 0. The topological polar surface area (TPSA) is 162 Å². The van der Waals surface area contributed by atoms with Gasteiger partial charge in [0.2, 0.25) is 6.29 Å². The van der Waals surface area contributed by atoms with Crippen molar-refractivity contribution in [3.05, 3.63) is 71.2 Å². The van der Waals surface area contributed by atoms with Crippen molar-refractivity contribution in [2.45, 2.75) is 44.9 Å². The minimum atomic E-state index is -0.970. The SMILES string of the molecule is C=CCOC(=O)c1cc(COC)ccc1OC1CC(OC(C)=O)CC(C(=O)OC)O1.O=COc1ccc(N=O)cc1. The maximum atomic E-state index is 12.5. The second-order valence-corrected chi connectivity index (χ2v) is 8.35. The number of nitroso groups, excluding NO2 is 1. The monoisotopic (exact) mass is 573 g/mol. The van der Waals surface area contributed by atoms with E-state index in [1.165, 1.54) is 51.5 Å². The van der Waals surface area contributed by atoms with Gasteiger partial charge in [0.1, 0.15) is 35.5 Å². The molecule has 0 amide bonds. The largest absolute Gasteiger partial charge is 0.467 e. The first-order valence-corrected chi connectivity index (χ1v) is 12.2. The van der Waals surface area contributed by atoms with Crippen molar-refractivity contribution < 1.29 is 52.3 Å². The number of hydrogen-bond donors (Lipinski definition) is 0. The van der Waals surface area contributed by atoms with Gasteiger partial charge in [0.15, 0.2) is 6.10 Å². The number of rotatable bonds is 12. The summed E-state index contributed by atoms with van der Waals surface area (Å²) in [6, 6.07) is 10.8. The summed E-state index contributed by atoms with van der Waals surface area (Å²) in [6.07, 6.45) is -0.754. The molecule has 41 heavy (non-hydrogen) atoms. The standard InChI is InChI=1S/C21H26O9.C7H5NO3/c1-5-8-27-20(23)16-9-14(12-25-3)6-7-17(16)29-19-11-15(28-13(2)22)10-18(30-19)21(24)26-4;9-5-11-7-3-1-6(8-10)2-4-7/h5-7,9,15,18-19H,1,8,10-12H2,2-4H3;1-5H. The third-order valence-corrected chi connectivity index (χ3v) is 5.34. The lowest BCUT2D eigenvalue weighted by atomic mass is 10.0. The molecule has 0 saturated carbocycles. The third kappa shape index (κ3) is 10.8. The van der Waals surface area contributed by atoms with Crippen LogP contribution in [-0.4, -0.2) is 63.7 Å². The van der Waals surface area contributed by atoms with Crippen LogP contribution in [-0.2, 0) is 44.7 Å². The molecule has 13 heteroatoms. The summed E-state index contributed by atoms with van der Waals surface area (Å²) < 4.78 is 36.2. The van der Waals surface area contributed by atoms with Crippen LogP contribution in [0, 0.1) is 4.91 Å². The zero-order valence-electron chi connectivity index (χ0n) is 22.8. The van der Waals surface area contributed by atoms with E-state index < -0.39 is 36.4 Å². The first kappa shape index (κ1) is 32.6. The molecule has 0 spiro atoms. The summed E-state index contributed by atoms with van der Waals surface area (Å²) in [5.74, 6) is -1.11. The summed E-state index contributed by atoms with van der Waals surface area (Å²) in [6.45, 7) is 5.45. The number of ether oxygens (including phenoxy) is 7. The van der Waals surface area contributed by atoms with Gasteiger partial charge in [-0.3, -0.25) is 9.59 Å². The molecule has 0 bridgehead atoms. The molecule has 1 heterocycles. The number of methoxy groups -OCH3 is 2. The molecule has 1 saturated heterocycles. The lowest BCUT2D eigenvalue weighted by molar-refractivity contribution is -0.204. The molecule has 3 atom stereocenters. The van der Waals surface area contributed by atoms with E-state index in [1.54, 1.807) is 18.2 Å². The third-order valence-electron chi connectivity index (χ3n) is 5.34. The van der Waals surface area contributed by atoms with Crippen LogP contribution >= 0.6 is 0 Å². The van der Waals surface area contributed by atoms with Gasteiger partial charge in [-0.1, -0.05) is 18.7 Å². The van der Waals surface area contributed by atoms with Gasteiger partial charge in [0.25, 0.3) is 6.47 Å². The lowest BCUT2D eigenvalue weighted by Gasteiger charge is -2.33. The average molecular weight is 574 g/mol. The van der Waals surface area contributed by atoms with Crippen molar-refractivity contribution in [2.24, 2.45) is 5.18 Å².